The van der Waals surface area contributed by atoms with Crippen LogP contribution in [0.3, 0.4) is 0 Å². The number of amides is 2. The van der Waals surface area contributed by atoms with E-state index in [1.807, 2.05) is 0 Å². The maximum absolute atomic E-state index is 13.2. The van der Waals surface area contributed by atoms with Gasteiger partial charge in [0.15, 0.2) is 0 Å². The first kappa shape index (κ1) is 26.1. The van der Waals surface area contributed by atoms with Crippen molar-refractivity contribution in [3.05, 3.63) is 71.8 Å². The number of halogens is 6. The molecule has 0 bridgehead atoms. The lowest BCUT2D eigenvalue weighted by Gasteiger charge is -2.32. The average Bonchev–Trinajstić information content (AvgIpc) is 2.81. The first-order chi connectivity index (χ1) is 16.4. The summed E-state index contributed by atoms with van der Waals surface area (Å²) in [5.41, 5.74) is -3.44. The standard InChI is InChI=1S/C24H22F6N2O3/c1-2-9-35-20-7-3-6-19(13-20)31-21(33)15-5-4-8-32(14-15)22(34)16-10-17(23(25,26)27)12-18(11-16)24(28,29)30/h2-3,6-7,10-13,15H,1,4-5,8-9,14H2,(H,31,33). The first-order valence-corrected chi connectivity index (χ1v) is 10.6. The molecular weight excluding hydrogens is 478 g/mol. The Hall–Kier alpha value is -3.50. The fourth-order valence-electron chi connectivity index (χ4n) is 3.70. The molecule has 1 saturated heterocycles. The maximum atomic E-state index is 13.2. The Labute approximate surface area is 197 Å². The van der Waals surface area contributed by atoms with E-state index >= 15 is 0 Å². The lowest BCUT2D eigenvalue weighted by Crippen LogP contribution is -2.43. The van der Waals surface area contributed by atoms with E-state index in [2.05, 4.69) is 11.9 Å². The number of carbonyl (C=O) groups is 2. The average molecular weight is 500 g/mol. The van der Waals surface area contributed by atoms with Gasteiger partial charge in [-0.15, -0.1) is 0 Å². The Morgan fingerprint density at radius 3 is 2.31 bits per heavy atom. The van der Waals surface area contributed by atoms with Crippen molar-refractivity contribution >= 4 is 17.5 Å². The molecule has 1 fully saturated rings. The van der Waals surface area contributed by atoms with Crippen molar-refractivity contribution < 1.29 is 40.7 Å². The summed E-state index contributed by atoms with van der Waals surface area (Å²) < 4.78 is 84.3. The van der Waals surface area contributed by atoms with Gasteiger partial charge < -0.3 is 15.0 Å². The molecular formula is C24H22F6N2O3. The second kappa shape index (κ2) is 10.4. The third-order valence-electron chi connectivity index (χ3n) is 5.38. The van der Waals surface area contributed by atoms with Gasteiger partial charge in [0, 0.05) is 30.4 Å². The van der Waals surface area contributed by atoms with Crippen LogP contribution < -0.4 is 10.1 Å². The number of alkyl halides is 6. The van der Waals surface area contributed by atoms with E-state index in [0.29, 0.717) is 36.4 Å². The number of ether oxygens (including phenoxy) is 1. The van der Waals surface area contributed by atoms with E-state index < -0.39 is 46.8 Å². The van der Waals surface area contributed by atoms with Crippen molar-refractivity contribution in [1.29, 1.82) is 0 Å². The van der Waals surface area contributed by atoms with Crippen LogP contribution in [0.1, 0.15) is 34.3 Å². The molecule has 3 rings (SSSR count). The third-order valence-corrected chi connectivity index (χ3v) is 5.38. The molecule has 188 valence electrons. The summed E-state index contributed by atoms with van der Waals surface area (Å²) in [4.78, 5) is 26.7. The summed E-state index contributed by atoms with van der Waals surface area (Å²) in [6, 6.07) is 7.34. The summed E-state index contributed by atoms with van der Waals surface area (Å²) in [5, 5.41) is 2.71. The molecule has 2 aromatic rings. The molecule has 0 saturated carbocycles. The van der Waals surface area contributed by atoms with E-state index in [-0.39, 0.29) is 25.8 Å². The Balaban J connectivity index is 1.76. The fourth-order valence-corrected chi connectivity index (χ4v) is 3.70. The zero-order chi connectivity index (χ0) is 25.8. The second-order valence-corrected chi connectivity index (χ2v) is 8.00. The third kappa shape index (κ3) is 6.77. The number of anilines is 1. The summed E-state index contributed by atoms with van der Waals surface area (Å²) in [6.45, 7) is 3.77. The lowest BCUT2D eigenvalue weighted by atomic mass is 9.95. The highest BCUT2D eigenvalue weighted by Crippen LogP contribution is 2.37. The molecule has 0 spiro atoms. The minimum atomic E-state index is -5.06. The molecule has 0 aliphatic carbocycles. The number of likely N-dealkylation sites (tertiary alicyclic amines) is 1. The number of rotatable bonds is 6. The molecule has 1 aliphatic rings. The molecule has 0 aromatic heterocycles. The smallest absolute Gasteiger partial charge is 0.416 e. The van der Waals surface area contributed by atoms with Gasteiger partial charge in [-0.1, -0.05) is 18.7 Å². The molecule has 1 N–H and O–H groups in total. The van der Waals surface area contributed by atoms with Gasteiger partial charge in [-0.2, -0.15) is 26.3 Å². The van der Waals surface area contributed by atoms with Gasteiger partial charge in [0.1, 0.15) is 12.4 Å². The predicted molar refractivity (Wildman–Crippen MR) is 116 cm³/mol. The number of nitrogens with one attached hydrogen (secondary N) is 1. The van der Waals surface area contributed by atoms with Crippen LogP contribution in [-0.2, 0) is 17.1 Å². The summed E-state index contributed by atoms with van der Waals surface area (Å²) >= 11 is 0. The highest BCUT2D eigenvalue weighted by molar-refractivity contribution is 5.96. The number of piperidine rings is 1. The molecule has 35 heavy (non-hydrogen) atoms. The quantitative estimate of drug-likeness (QED) is 0.404. The zero-order valence-electron chi connectivity index (χ0n) is 18.4. The number of hydrogen-bond acceptors (Lipinski definition) is 3. The highest BCUT2D eigenvalue weighted by Gasteiger charge is 2.38. The summed E-state index contributed by atoms with van der Waals surface area (Å²) in [5.74, 6) is -1.63. The SMILES string of the molecule is C=CCOc1cccc(NC(=O)C2CCCN(C(=O)c3cc(C(F)(F)F)cc(C(F)(F)F)c3)C2)c1. The van der Waals surface area contributed by atoms with Gasteiger partial charge in [-0.25, -0.2) is 0 Å². The van der Waals surface area contributed by atoms with Crippen LogP contribution in [0.2, 0.25) is 0 Å². The number of benzene rings is 2. The molecule has 1 unspecified atom stereocenters. The van der Waals surface area contributed by atoms with Gasteiger partial charge in [-0.05, 0) is 43.2 Å². The fraction of sp³-hybridized carbons (Fsp3) is 0.333. The largest absolute Gasteiger partial charge is 0.489 e. The molecule has 2 aromatic carbocycles. The van der Waals surface area contributed by atoms with Gasteiger partial charge in [0.2, 0.25) is 5.91 Å². The first-order valence-electron chi connectivity index (χ1n) is 10.6. The van der Waals surface area contributed by atoms with Crippen molar-refractivity contribution in [3.63, 3.8) is 0 Å². The van der Waals surface area contributed by atoms with Crippen LogP contribution in [-0.4, -0.2) is 36.4 Å². The van der Waals surface area contributed by atoms with Crippen molar-refractivity contribution in [2.24, 2.45) is 5.92 Å². The minimum Gasteiger partial charge on any atom is -0.489 e. The molecule has 5 nitrogen and oxygen atoms in total. The lowest BCUT2D eigenvalue weighted by molar-refractivity contribution is -0.143. The Morgan fingerprint density at radius 2 is 1.71 bits per heavy atom. The van der Waals surface area contributed by atoms with E-state index in [0.717, 1.165) is 4.90 Å². The van der Waals surface area contributed by atoms with Crippen LogP contribution in [0.15, 0.2) is 55.1 Å². The van der Waals surface area contributed by atoms with Crippen LogP contribution in [0.5, 0.6) is 5.75 Å². The van der Waals surface area contributed by atoms with E-state index in [4.69, 9.17) is 4.74 Å². The van der Waals surface area contributed by atoms with E-state index in [9.17, 15) is 35.9 Å². The van der Waals surface area contributed by atoms with Crippen molar-refractivity contribution in [3.8, 4) is 5.75 Å². The minimum absolute atomic E-state index is 0.0316. The van der Waals surface area contributed by atoms with Crippen LogP contribution >= 0.6 is 0 Å². The number of hydrogen-bond donors (Lipinski definition) is 1. The van der Waals surface area contributed by atoms with Crippen LogP contribution in [0, 0.1) is 5.92 Å². The Bertz CT molecular complexity index is 1070. The summed E-state index contributed by atoms with van der Waals surface area (Å²) in [6.07, 6.45) is -7.81. The second-order valence-electron chi connectivity index (χ2n) is 8.00. The van der Waals surface area contributed by atoms with Crippen molar-refractivity contribution in [1.82, 2.24) is 4.90 Å². The van der Waals surface area contributed by atoms with Gasteiger partial charge in [0.25, 0.3) is 5.91 Å². The van der Waals surface area contributed by atoms with E-state index in [1.165, 1.54) is 0 Å². The van der Waals surface area contributed by atoms with Gasteiger partial charge in [-0.3, -0.25) is 9.59 Å². The molecule has 1 atom stereocenters. The number of nitrogens with zero attached hydrogens (tertiary/aromatic N) is 1. The monoisotopic (exact) mass is 500 g/mol. The van der Waals surface area contributed by atoms with Crippen LogP contribution in [0.4, 0.5) is 32.0 Å². The van der Waals surface area contributed by atoms with Gasteiger partial charge >= 0.3 is 12.4 Å². The zero-order valence-corrected chi connectivity index (χ0v) is 18.4. The summed E-state index contributed by atoms with van der Waals surface area (Å²) in [7, 11) is 0. The normalized spacial score (nSPS) is 16.5. The molecule has 1 heterocycles. The van der Waals surface area contributed by atoms with E-state index in [1.54, 1.807) is 30.3 Å². The Morgan fingerprint density at radius 1 is 1.06 bits per heavy atom. The molecule has 2 amide bonds. The predicted octanol–water partition coefficient (Wildman–Crippen LogP) is 5.78. The molecule has 0 radical (unpaired) electrons. The Kier molecular flexibility index (Phi) is 7.76. The van der Waals surface area contributed by atoms with Crippen molar-refractivity contribution in [2.75, 3.05) is 25.0 Å². The number of carbonyl (C=O) groups excluding carboxylic acids is 2. The topological polar surface area (TPSA) is 58.6 Å². The molecule has 1 aliphatic heterocycles. The maximum Gasteiger partial charge on any atom is 0.416 e. The van der Waals surface area contributed by atoms with Gasteiger partial charge in [0.05, 0.1) is 17.0 Å². The molecule has 11 heteroatoms. The highest BCUT2D eigenvalue weighted by atomic mass is 19.4. The van der Waals surface area contributed by atoms with Crippen LogP contribution in [0.25, 0.3) is 0 Å². The van der Waals surface area contributed by atoms with Crippen molar-refractivity contribution in [2.45, 2.75) is 25.2 Å².